The van der Waals surface area contributed by atoms with E-state index in [9.17, 15) is 4.79 Å². The number of methoxy groups -OCH3 is 1. The molecule has 25 heavy (non-hydrogen) atoms. The molecule has 0 aliphatic carbocycles. The number of ether oxygens (including phenoxy) is 2. The molecule has 0 aliphatic rings. The van der Waals surface area contributed by atoms with Gasteiger partial charge in [0.15, 0.2) is 5.82 Å². The third-order valence-electron chi connectivity index (χ3n) is 3.69. The zero-order chi connectivity index (χ0) is 17.8. The maximum Gasteiger partial charge on any atom is 0.338 e. The fourth-order valence-electron chi connectivity index (χ4n) is 2.41. The molecule has 3 aromatic rings. The fourth-order valence-corrected chi connectivity index (χ4v) is 2.41. The monoisotopic (exact) mass is 338 g/mol. The topological polar surface area (TPSA) is 74.5 Å². The maximum absolute atomic E-state index is 12.2. The Bertz CT molecular complexity index is 885. The number of nitrogens with zero attached hydrogens (tertiary/aromatic N) is 2. The van der Waals surface area contributed by atoms with Gasteiger partial charge < -0.3 is 14.0 Å². The lowest BCUT2D eigenvalue weighted by atomic mass is 10.1. The summed E-state index contributed by atoms with van der Waals surface area (Å²) in [7, 11) is 1.59. The minimum atomic E-state index is -0.406. The van der Waals surface area contributed by atoms with E-state index in [1.165, 1.54) is 0 Å². The van der Waals surface area contributed by atoms with Crippen LogP contribution in [0.15, 0.2) is 47.0 Å². The Labute approximate surface area is 145 Å². The second kappa shape index (κ2) is 7.17. The Morgan fingerprint density at radius 1 is 1.12 bits per heavy atom. The molecule has 0 amide bonds. The molecule has 0 saturated carbocycles. The lowest BCUT2D eigenvalue weighted by Crippen LogP contribution is -2.06. The summed E-state index contributed by atoms with van der Waals surface area (Å²) in [6.07, 6.45) is 0. The minimum absolute atomic E-state index is 0.147. The van der Waals surface area contributed by atoms with Gasteiger partial charge in [-0.05, 0) is 50.2 Å². The Hall–Kier alpha value is -3.15. The molecule has 1 heterocycles. The van der Waals surface area contributed by atoms with Gasteiger partial charge in [-0.25, -0.2) is 4.79 Å². The molecule has 0 fully saturated rings. The van der Waals surface area contributed by atoms with E-state index in [1.54, 1.807) is 38.3 Å². The van der Waals surface area contributed by atoms with Crippen molar-refractivity contribution in [2.75, 3.05) is 7.11 Å². The van der Waals surface area contributed by atoms with Gasteiger partial charge in [0.1, 0.15) is 12.4 Å². The summed E-state index contributed by atoms with van der Waals surface area (Å²) in [4.78, 5) is 16.4. The summed E-state index contributed by atoms with van der Waals surface area (Å²) in [6, 6.07) is 12.6. The maximum atomic E-state index is 12.2. The quantitative estimate of drug-likeness (QED) is 0.660. The lowest BCUT2D eigenvalue weighted by Gasteiger charge is -2.10. The Morgan fingerprint density at radius 2 is 1.88 bits per heavy atom. The van der Waals surface area contributed by atoms with E-state index in [-0.39, 0.29) is 6.61 Å². The number of aromatic nitrogens is 2. The molecule has 1 aromatic heterocycles. The highest BCUT2D eigenvalue weighted by Gasteiger charge is 2.12. The van der Waals surface area contributed by atoms with Gasteiger partial charge in [-0.3, -0.25) is 0 Å². The number of hydrogen-bond donors (Lipinski definition) is 0. The molecular weight excluding hydrogens is 320 g/mol. The molecule has 0 bridgehead atoms. The van der Waals surface area contributed by atoms with Crippen molar-refractivity contribution in [1.29, 1.82) is 0 Å². The van der Waals surface area contributed by atoms with Crippen LogP contribution >= 0.6 is 0 Å². The zero-order valence-electron chi connectivity index (χ0n) is 14.3. The standard InChI is InChI=1S/C19H18N2O4/c1-12-4-9-17(23-3)16(10-12)11-24-19(22)15-7-5-14(6-8-15)18-20-13(2)21-25-18/h4-10H,11H2,1-3H3. The number of benzene rings is 2. The van der Waals surface area contributed by atoms with Crippen LogP contribution in [0.4, 0.5) is 0 Å². The first kappa shape index (κ1) is 16.7. The molecule has 6 nitrogen and oxygen atoms in total. The fraction of sp³-hybridized carbons (Fsp3) is 0.211. The third-order valence-corrected chi connectivity index (χ3v) is 3.69. The van der Waals surface area contributed by atoms with E-state index in [0.29, 0.717) is 23.0 Å². The van der Waals surface area contributed by atoms with Crippen molar-refractivity contribution >= 4 is 5.97 Å². The van der Waals surface area contributed by atoms with Crippen molar-refractivity contribution in [3.63, 3.8) is 0 Å². The summed E-state index contributed by atoms with van der Waals surface area (Å²) < 4.78 is 15.8. The van der Waals surface area contributed by atoms with E-state index in [4.69, 9.17) is 14.0 Å². The van der Waals surface area contributed by atoms with Crippen LogP contribution in [0.25, 0.3) is 11.5 Å². The normalized spacial score (nSPS) is 10.5. The average Bonchev–Trinajstić information content (AvgIpc) is 3.06. The van der Waals surface area contributed by atoms with E-state index in [2.05, 4.69) is 10.1 Å². The van der Waals surface area contributed by atoms with Crippen LogP contribution in [-0.2, 0) is 11.3 Å². The largest absolute Gasteiger partial charge is 0.496 e. The molecule has 3 rings (SSSR count). The van der Waals surface area contributed by atoms with Crippen LogP contribution in [0.1, 0.15) is 27.3 Å². The predicted molar refractivity (Wildman–Crippen MR) is 91.3 cm³/mol. The second-order valence-electron chi connectivity index (χ2n) is 5.62. The SMILES string of the molecule is COc1ccc(C)cc1COC(=O)c1ccc(-c2nc(C)no2)cc1. The lowest BCUT2D eigenvalue weighted by molar-refractivity contribution is 0.0470. The van der Waals surface area contributed by atoms with Crippen LogP contribution in [0.2, 0.25) is 0 Å². The molecular formula is C19H18N2O4. The van der Waals surface area contributed by atoms with Crippen molar-refractivity contribution in [2.45, 2.75) is 20.5 Å². The molecule has 6 heteroatoms. The summed E-state index contributed by atoms with van der Waals surface area (Å²) in [5, 5.41) is 3.75. The molecule has 0 atom stereocenters. The summed E-state index contributed by atoms with van der Waals surface area (Å²) >= 11 is 0. The Kier molecular flexibility index (Phi) is 4.79. The van der Waals surface area contributed by atoms with Crippen molar-refractivity contribution in [2.24, 2.45) is 0 Å². The van der Waals surface area contributed by atoms with Crippen molar-refractivity contribution in [3.8, 4) is 17.2 Å². The molecule has 2 aromatic carbocycles. The van der Waals surface area contributed by atoms with Gasteiger partial charge in [0.2, 0.25) is 0 Å². The van der Waals surface area contributed by atoms with Crippen LogP contribution in [-0.4, -0.2) is 23.2 Å². The van der Waals surface area contributed by atoms with E-state index in [1.807, 2.05) is 25.1 Å². The minimum Gasteiger partial charge on any atom is -0.496 e. The van der Waals surface area contributed by atoms with E-state index in [0.717, 1.165) is 16.7 Å². The van der Waals surface area contributed by atoms with Gasteiger partial charge in [0.25, 0.3) is 5.89 Å². The van der Waals surface area contributed by atoms with Crippen LogP contribution in [0.5, 0.6) is 5.75 Å². The van der Waals surface area contributed by atoms with Gasteiger partial charge in [-0.15, -0.1) is 0 Å². The molecule has 0 unspecified atom stereocenters. The van der Waals surface area contributed by atoms with E-state index < -0.39 is 5.97 Å². The predicted octanol–water partition coefficient (Wildman–Crippen LogP) is 3.72. The van der Waals surface area contributed by atoms with Gasteiger partial charge in [0.05, 0.1) is 12.7 Å². The summed E-state index contributed by atoms with van der Waals surface area (Å²) in [5.74, 6) is 1.27. The molecule has 0 aliphatic heterocycles. The Morgan fingerprint density at radius 3 is 2.52 bits per heavy atom. The van der Waals surface area contributed by atoms with Crippen LogP contribution in [0, 0.1) is 13.8 Å². The molecule has 0 spiro atoms. The van der Waals surface area contributed by atoms with Crippen LogP contribution in [0.3, 0.4) is 0 Å². The smallest absolute Gasteiger partial charge is 0.338 e. The number of hydrogen-bond acceptors (Lipinski definition) is 6. The van der Waals surface area contributed by atoms with Gasteiger partial charge in [0, 0.05) is 11.1 Å². The first-order chi connectivity index (χ1) is 12.1. The highest BCUT2D eigenvalue weighted by Crippen LogP contribution is 2.22. The third kappa shape index (κ3) is 3.85. The van der Waals surface area contributed by atoms with E-state index >= 15 is 0 Å². The van der Waals surface area contributed by atoms with Crippen molar-refractivity contribution < 1.29 is 18.8 Å². The summed E-state index contributed by atoms with van der Waals surface area (Å²) in [5.41, 5.74) is 3.10. The van der Waals surface area contributed by atoms with Gasteiger partial charge >= 0.3 is 5.97 Å². The zero-order valence-corrected chi connectivity index (χ0v) is 14.3. The highest BCUT2D eigenvalue weighted by molar-refractivity contribution is 5.89. The van der Waals surface area contributed by atoms with Crippen LogP contribution < -0.4 is 4.74 Å². The molecule has 128 valence electrons. The molecule has 0 N–H and O–H groups in total. The first-order valence-electron chi connectivity index (χ1n) is 7.78. The number of aryl methyl sites for hydroxylation is 2. The van der Waals surface area contributed by atoms with Crippen molar-refractivity contribution in [3.05, 3.63) is 65.0 Å². The summed E-state index contributed by atoms with van der Waals surface area (Å²) in [6.45, 7) is 3.87. The molecule has 0 saturated heterocycles. The number of esters is 1. The molecule has 0 radical (unpaired) electrons. The second-order valence-corrected chi connectivity index (χ2v) is 5.62. The van der Waals surface area contributed by atoms with Gasteiger partial charge in [-0.1, -0.05) is 16.8 Å². The first-order valence-corrected chi connectivity index (χ1v) is 7.78. The van der Waals surface area contributed by atoms with Crippen molar-refractivity contribution in [1.82, 2.24) is 10.1 Å². The number of carbonyl (C=O) groups is 1. The number of rotatable bonds is 5. The van der Waals surface area contributed by atoms with Gasteiger partial charge in [-0.2, -0.15) is 4.98 Å². The highest BCUT2D eigenvalue weighted by atomic mass is 16.5. The Balaban J connectivity index is 1.68. The number of carbonyl (C=O) groups excluding carboxylic acids is 1. The average molecular weight is 338 g/mol.